The van der Waals surface area contributed by atoms with Crippen LogP contribution in [-0.2, 0) is 9.59 Å². The molecule has 38 heavy (non-hydrogen) atoms. The molecule has 0 spiro atoms. The second-order valence-electron chi connectivity index (χ2n) is 9.93. The molecule has 8 nitrogen and oxygen atoms in total. The summed E-state index contributed by atoms with van der Waals surface area (Å²) in [6.45, 7) is 4.16. The summed E-state index contributed by atoms with van der Waals surface area (Å²) >= 11 is 6.15. The number of rotatable bonds is 6. The Morgan fingerprint density at radius 3 is 2.42 bits per heavy atom. The van der Waals surface area contributed by atoms with Gasteiger partial charge in [0.1, 0.15) is 5.75 Å². The van der Waals surface area contributed by atoms with Crippen LogP contribution in [0.3, 0.4) is 0 Å². The summed E-state index contributed by atoms with van der Waals surface area (Å²) in [5, 5.41) is 13.4. The zero-order chi connectivity index (χ0) is 26.6. The van der Waals surface area contributed by atoms with E-state index in [0.29, 0.717) is 36.9 Å². The number of amides is 2. The molecule has 0 aliphatic carbocycles. The van der Waals surface area contributed by atoms with Crippen LogP contribution in [0.5, 0.6) is 5.75 Å². The first-order valence-corrected chi connectivity index (χ1v) is 13.2. The summed E-state index contributed by atoms with van der Waals surface area (Å²) in [6, 6.07) is 22.4. The average Bonchev–Trinajstić information content (AvgIpc) is 3.35. The van der Waals surface area contributed by atoms with E-state index in [-0.39, 0.29) is 41.6 Å². The number of nitrogens with zero attached hydrogens (tertiary/aromatic N) is 3. The number of nitrogens with one attached hydrogen (secondary N) is 1. The van der Waals surface area contributed by atoms with Crippen LogP contribution in [0.4, 0.5) is 17.1 Å². The summed E-state index contributed by atoms with van der Waals surface area (Å²) < 4.78 is 0. The van der Waals surface area contributed by atoms with Crippen LogP contribution in [0.1, 0.15) is 11.5 Å². The van der Waals surface area contributed by atoms with Crippen LogP contribution in [0.15, 0.2) is 72.8 Å². The predicted molar refractivity (Wildman–Crippen MR) is 151 cm³/mol. The number of phenolic OH excluding ortho intramolecular Hbond substituents is 1. The molecule has 0 radical (unpaired) electrons. The van der Waals surface area contributed by atoms with Crippen molar-refractivity contribution in [1.82, 2.24) is 9.80 Å². The summed E-state index contributed by atoms with van der Waals surface area (Å²) in [5.41, 5.74) is 8.68. The topological polar surface area (TPSA) is 102 Å². The Balaban J connectivity index is 1.23. The van der Waals surface area contributed by atoms with Crippen molar-refractivity contribution < 1.29 is 14.7 Å². The van der Waals surface area contributed by atoms with Gasteiger partial charge in [-0.05, 0) is 42.0 Å². The Hall–Kier alpha value is -3.75. The summed E-state index contributed by atoms with van der Waals surface area (Å²) in [4.78, 5) is 32.8. The summed E-state index contributed by atoms with van der Waals surface area (Å²) in [5.74, 6) is -0.453. The minimum Gasteiger partial charge on any atom is -0.506 e. The maximum Gasteiger partial charge on any atom is 0.236 e. The Labute approximate surface area is 227 Å². The molecule has 0 aromatic heterocycles. The number of phenols is 1. The van der Waals surface area contributed by atoms with Crippen molar-refractivity contribution in [2.24, 2.45) is 5.92 Å². The number of nitrogen functional groups attached to an aromatic ring is 1. The molecule has 2 amide bonds. The first-order valence-electron chi connectivity index (χ1n) is 12.8. The highest BCUT2D eigenvalue weighted by atomic mass is 35.5. The molecule has 0 saturated carbocycles. The normalized spacial score (nSPS) is 19.9. The van der Waals surface area contributed by atoms with Crippen LogP contribution in [-0.4, -0.2) is 72.5 Å². The monoisotopic (exact) mass is 533 g/mol. The van der Waals surface area contributed by atoms with Gasteiger partial charge in [0.25, 0.3) is 0 Å². The second-order valence-corrected chi connectivity index (χ2v) is 10.4. The Morgan fingerprint density at radius 2 is 1.71 bits per heavy atom. The van der Waals surface area contributed by atoms with Gasteiger partial charge in [-0.2, -0.15) is 0 Å². The zero-order valence-corrected chi connectivity index (χ0v) is 21.8. The van der Waals surface area contributed by atoms with E-state index in [1.165, 1.54) is 6.07 Å². The number of likely N-dealkylation sites (tertiary alicyclic amines) is 1. The van der Waals surface area contributed by atoms with Gasteiger partial charge in [-0.3, -0.25) is 14.5 Å². The molecule has 5 rings (SSSR count). The lowest BCUT2D eigenvalue weighted by Crippen LogP contribution is -2.51. The molecule has 4 N–H and O–H groups in total. The highest BCUT2D eigenvalue weighted by Gasteiger charge is 2.39. The van der Waals surface area contributed by atoms with Gasteiger partial charge in [-0.25, -0.2) is 0 Å². The molecular weight excluding hydrogens is 502 g/mol. The van der Waals surface area contributed by atoms with Gasteiger partial charge < -0.3 is 26.0 Å². The molecule has 2 saturated heterocycles. The molecule has 2 aliphatic rings. The smallest absolute Gasteiger partial charge is 0.236 e. The van der Waals surface area contributed by atoms with Gasteiger partial charge >= 0.3 is 0 Å². The van der Waals surface area contributed by atoms with E-state index >= 15 is 0 Å². The lowest BCUT2D eigenvalue weighted by atomic mass is 9.88. The highest BCUT2D eigenvalue weighted by Crippen LogP contribution is 2.34. The predicted octanol–water partition coefficient (Wildman–Crippen LogP) is 3.63. The van der Waals surface area contributed by atoms with Crippen LogP contribution in [0, 0.1) is 5.92 Å². The number of halogens is 1. The number of carbonyl (C=O) groups is 2. The molecule has 3 aromatic carbocycles. The fraction of sp³-hybridized carbons (Fsp3) is 0.310. The number of hydrogen-bond donors (Lipinski definition) is 3. The largest absolute Gasteiger partial charge is 0.506 e. The van der Waals surface area contributed by atoms with E-state index < -0.39 is 0 Å². The van der Waals surface area contributed by atoms with Crippen LogP contribution >= 0.6 is 11.6 Å². The van der Waals surface area contributed by atoms with E-state index in [1.54, 1.807) is 12.1 Å². The lowest BCUT2D eigenvalue weighted by Gasteiger charge is -2.36. The maximum absolute atomic E-state index is 13.4. The molecule has 0 bridgehead atoms. The molecular formula is C29H32ClN5O3. The molecule has 2 fully saturated rings. The zero-order valence-electron chi connectivity index (χ0n) is 21.1. The number of carbonyl (C=O) groups excluding carboxylic acids is 2. The second kappa shape index (κ2) is 11.3. The van der Waals surface area contributed by atoms with E-state index in [4.69, 9.17) is 17.3 Å². The molecule has 2 atom stereocenters. The van der Waals surface area contributed by atoms with Gasteiger partial charge in [-0.1, -0.05) is 48.0 Å². The van der Waals surface area contributed by atoms with Gasteiger partial charge in [-0.15, -0.1) is 0 Å². The van der Waals surface area contributed by atoms with Gasteiger partial charge in [0, 0.05) is 61.6 Å². The van der Waals surface area contributed by atoms with Gasteiger partial charge in [0.05, 0.1) is 18.2 Å². The third kappa shape index (κ3) is 5.87. The number of nitrogens with two attached hydrogens (primary N) is 1. The molecule has 0 unspecified atom stereocenters. The van der Waals surface area contributed by atoms with Crippen molar-refractivity contribution in [3.8, 4) is 5.75 Å². The Kier molecular flexibility index (Phi) is 7.72. The van der Waals surface area contributed by atoms with Crippen molar-refractivity contribution >= 4 is 40.5 Å². The number of piperazine rings is 1. The van der Waals surface area contributed by atoms with E-state index in [1.807, 2.05) is 59.5 Å². The minimum absolute atomic E-state index is 0.0240. The summed E-state index contributed by atoms with van der Waals surface area (Å²) in [6.07, 6.45) is 0. The van der Waals surface area contributed by atoms with E-state index in [2.05, 4.69) is 15.1 Å². The molecule has 9 heteroatoms. The lowest BCUT2D eigenvalue weighted by molar-refractivity contribution is -0.132. The number of anilines is 3. The fourth-order valence-electron chi connectivity index (χ4n) is 5.36. The van der Waals surface area contributed by atoms with Crippen molar-refractivity contribution in [2.75, 3.05) is 61.8 Å². The first-order chi connectivity index (χ1) is 18.4. The standard InChI is InChI=1S/C29H32ClN5O3/c30-21-7-4-8-23(15-21)34-11-13-35(14-12-34)28(37)19-33-17-24(20-5-2-1-3-6-20)25(18-33)29(38)32-22-9-10-27(36)26(31)16-22/h1-10,15-16,24-25,36H,11-14,17-19,31H2,(H,32,38)/t24-,25+/m1/s1. The van der Waals surface area contributed by atoms with Crippen LogP contribution in [0.25, 0.3) is 0 Å². The Bertz CT molecular complexity index is 1300. The van der Waals surface area contributed by atoms with Crippen LogP contribution < -0.4 is 16.0 Å². The average molecular weight is 534 g/mol. The summed E-state index contributed by atoms with van der Waals surface area (Å²) in [7, 11) is 0. The quantitative estimate of drug-likeness (QED) is 0.254. The van der Waals surface area contributed by atoms with Crippen molar-refractivity contribution in [1.29, 1.82) is 0 Å². The Morgan fingerprint density at radius 1 is 0.947 bits per heavy atom. The van der Waals surface area contributed by atoms with Gasteiger partial charge in [0.2, 0.25) is 11.8 Å². The molecule has 3 aromatic rings. The minimum atomic E-state index is -0.333. The number of hydrogen-bond acceptors (Lipinski definition) is 6. The maximum atomic E-state index is 13.4. The molecule has 198 valence electrons. The highest BCUT2D eigenvalue weighted by molar-refractivity contribution is 6.30. The van der Waals surface area contributed by atoms with Crippen molar-refractivity contribution in [3.63, 3.8) is 0 Å². The van der Waals surface area contributed by atoms with Crippen molar-refractivity contribution in [3.05, 3.63) is 83.4 Å². The number of benzene rings is 3. The molecule has 2 heterocycles. The SMILES string of the molecule is Nc1cc(NC(=O)[C@H]2CN(CC(=O)N3CCN(c4cccc(Cl)c4)CC3)C[C@@H]2c2ccccc2)ccc1O. The first kappa shape index (κ1) is 25.9. The van der Waals surface area contributed by atoms with Crippen molar-refractivity contribution in [2.45, 2.75) is 5.92 Å². The van der Waals surface area contributed by atoms with Gasteiger partial charge in [0.15, 0.2) is 0 Å². The third-order valence-corrected chi connectivity index (χ3v) is 7.65. The third-order valence-electron chi connectivity index (χ3n) is 7.42. The fourth-order valence-corrected chi connectivity index (χ4v) is 5.55. The van der Waals surface area contributed by atoms with Crippen LogP contribution in [0.2, 0.25) is 5.02 Å². The van der Waals surface area contributed by atoms with E-state index in [9.17, 15) is 14.7 Å². The molecule has 2 aliphatic heterocycles. The number of aromatic hydroxyl groups is 1. The van der Waals surface area contributed by atoms with E-state index in [0.717, 1.165) is 24.3 Å².